The van der Waals surface area contributed by atoms with E-state index in [-0.39, 0.29) is 36.8 Å². The second kappa shape index (κ2) is 8.89. The predicted molar refractivity (Wildman–Crippen MR) is 85.4 cm³/mol. The molecule has 2 aliphatic carbocycles. The minimum absolute atomic E-state index is 0.0216. The fourth-order valence-corrected chi connectivity index (χ4v) is 3.71. The number of nitrogens with two attached hydrogens (primary N) is 1. The molecule has 0 bridgehead atoms. The number of amides is 3. The molecule has 0 heterocycles. The summed E-state index contributed by atoms with van der Waals surface area (Å²) in [5, 5.41) is 0. The smallest absolute Gasteiger partial charge is 0.404 e. The van der Waals surface area contributed by atoms with Crippen LogP contribution in [0.5, 0.6) is 0 Å². The van der Waals surface area contributed by atoms with Gasteiger partial charge in [-0.1, -0.05) is 38.5 Å². The Kier molecular flexibility index (Phi) is 6.86. The summed E-state index contributed by atoms with van der Waals surface area (Å²) in [5.74, 6) is -0.309. The van der Waals surface area contributed by atoms with Gasteiger partial charge in [0.2, 0.25) is 11.8 Å². The number of hydrogen-bond donors (Lipinski definition) is 1. The van der Waals surface area contributed by atoms with Crippen LogP contribution in [0.15, 0.2) is 0 Å². The number of carbonyl (C=O) groups excluding carboxylic acids is 3. The van der Waals surface area contributed by atoms with Gasteiger partial charge in [0, 0.05) is 11.8 Å². The molecule has 6 heteroatoms. The van der Waals surface area contributed by atoms with Gasteiger partial charge in [0.1, 0.15) is 6.61 Å². The van der Waals surface area contributed by atoms with Crippen LogP contribution in [0.25, 0.3) is 0 Å². The zero-order valence-corrected chi connectivity index (χ0v) is 13.8. The molecule has 0 aromatic carbocycles. The first-order chi connectivity index (χ1) is 11.1. The molecule has 2 rings (SSSR count). The van der Waals surface area contributed by atoms with Crippen molar-refractivity contribution in [2.75, 3.05) is 13.2 Å². The molecule has 130 valence electrons. The molecule has 2 N–H and O–H groups in total. The van der Waals surface area contributed by atoms with Crippen molar-refractivity contribution in [2.45, 2.75) is 64.2 Å². The van der Waals surface area contributed by atoms with E-state index in [1.54, 1.807) is 0 Å². The average molecular weight is 324 g/mol. The standard InChI is InChI=1S/C17H28N2O4/c18-17(22)23-12-11-19(15(20)13-7-3-1-4-8-13)16(21)14-9-5-2-6-10-14/h13-14H,1-12H2,(H2,18,22). The summed E-state index contributed by atoms with van der Waals surface area (Å²) in [6, 6.07) is 0. The van der Waals surface area contributed by atoms with E-state index in [0.717, 1.165) is 64.2 Å². The average Bonchev–Trinajstić information content (AvgIpc) is 2.59. The van der Waals surface area contributed by atoms with E-state index in [9.17, 15) is 14.4 Å². The minimum atomic E-state index is -0.875. The zero-order chi connectivity index (χ0) is 16.7. The van der Waals surface area contributed by atoms with Crippen LogP contribution in [0.4, 0.5) is 4.79 Å². The third kappa shape index (κ3) is 5.22. The van der Waals surface area contributed by atoms with Gasteiger partial charge in [-0.3, -0.25) is 14.5 Å². The zero-order valence-electron chi connectivity index (χ0n) is 13.8. The maximum atomic E-state index is 12.8. The van der Waals surface area contributed by atoms with Crippen LogP contribution in [-0.2, 0) is 14.3 Å². The monoisotopic (exact) mass is 324 g/mol. The molecule has 23 heavy (non-hydrogen) atoms. The Morgan fingerprint density at radius 1 is 0.826 bits per heavy atom. The van der Waals surface area contributed by atoms with E-state index < -0.39 is 6.09 Å². The molecule has 2 aliphatic rings. The Hall–Kier alpha value is -1.59. The van der Waals surface area contributed by atoms with Crippen LogP contribution in [0.2, 0.25) is 0 Å². The van der Waals surface area contributed by atoms with E-state index in [1.807, 2.05) is 0 Å². The highest BCUT2D eigenvalue weighted by Crippen LogP contribution is 2.29. The van der Waals surface area contributed by atoms with Gasteiger partial charge in [-0.15, -0.1) is 0 Å². The molecule has 3 amide bonds. The van der Waals surface area contributed by atoms with Gasteiger partial charge in [0.15, 0.2) is 0 Å². The summed E-state index contributed by atoms with van der Waals surface area (Å²) in [5.41, 5.74) is 4.97. The second-order valence-corrected chi connectivity index (χ2v) is 6.67. The summed E-state index contributed by atoms with van der Waals surface area (Å²) >= 11 is 0. The molecule has 0 unspecified atom stereocenters. The van der Waals surface area contributed by atoms with Crippen LogP contribution >= 0.6 is 0 Å². The Morgan fingerprint density at radius 2 is 1.26 bits per heavy atom. The van der Waals surface area contributed by atoms with Crippen molar-refractivity contribution < 1.29 is 19.1 Å². The third-order valence-electron chi connectivity index (χ3n) is 5.00. The molecule has 0 spiro atoms. The first-order valence-corrected chi connectivity index (χ1v) is 8.87. The molecule has 0 radical (unpaired) electrons. The van der Waals surface area contributed by atoms with Gasteiger partial charge in [0.25, 0.3) is 0 Å². The molecule has 2 saturated carbocycles. The molecule has 0 aromatic heterocycles. The topological polar surface area (TPSA) is 89.7 Å². The lowest BCUT2D eigenvalue weighted by atomic mass is 9.86. The van der Waals surface area contributed by atoms with Crippen molar-refractivity contribution in [1.82, 2.24) is 4.90 Å². The van der Waals surface area contributed by atoms with Crippen molar-refractivity contribution in [3.8, 4) is 0 Å². The molecule has 0 aliphatic heterocycles. The predicted octanol–water partition coefficient (Wildman–Crippen LogP) is 2.60. The van der Waals surface area contributed by atoms with E-state index in [0.29, 0.717) is 0 Å². The summed E-state index contributed by atoms with van der Waals surface area (Å²) in [7, 11) is 0. The second-order valence-electron chi connectivity index (χ2n) is 6.67. The SMILES string of the molecule is NC(=O)OCCN(C(=O)C1CCCCC1)C(=O)C1CCCCC1. The number of carbonyl (C=O) groups is 3. The van der Waals surface area contributed by atoms with Gasteiger partial charge in [-0.05, 0) is 25.7 Å². The van der Waals surface area contributed by atoms with Crippen molar-refractivity contribution in [3.05, 3.63) is 0 Å². The number of nitrogens with zero attached hydrogens (tertiary/aromatic N) is 1. The van der Waals surface area contributed by atoms with Gasteiger partial charge in [0.05, 0.1) is 6.54 Å². The molecule has 6 nitrogen and oxygen atoms in total. The van der Waals surface area contributed by atoms with E-state index >= 15 is 0 Å². The summed E-state index contributed by atoms with van der Waals surface area (Å²) in [6.45, 7) is 0.0971. The lowest BCUT2D eigenvalue weighted by Crippen LogP contribution is -2.46. The highest BCUT2D eigenvalue weighted by atomic mass is 16.5. The Morgan fingerprint density at radius 3 is 1.65 bits per heavy atom. The van der Waals surface area contributed by atoms with Crippen LogP contribution < -0.4 is 5.73 Å². The lowest BCUT2D eigenvalue weighted by molar-refractivity contribution is -0.151. The van der Waals surface area contributed by atoms with Crippen LogP contribution in [0.3, 0.4) is 0 Å². The van der Waals surface area contributed by atoms with Gasteiger partial charge >= 0.3 is 6.09 Å². The van der Waals surface area contributed by atoms with Crippen molar-refractivity contribution >= 4 is 17.9 Å². The van der Waals surface area contributed by atoms with Crippen molar-refractivity contribution in [3.63, 3.8) is 0 Å². The lowest BCUT2D eigenvalue weighted by Gasteiger charge is -2.31. The van der Waals surface area contributed by atoms with Crippen LogP contribution in [0, 0.1) is 11.8 Å². The largest absolute Gasteiger partial charge is 0.448 e. The molecular weight excluding hydrogens is 296 g/mol. The van der Waals surface area contributed by atoms with Gasteiger partial charge in [-0.25, -0.2) is 4.79 Å². The number of primary amides is 1. The molecule has 0 saturated heterocycles. The summed E-state index contributed by atoms with van der Waals surface area (Å²) in [4.78, 5) is 37.7. The maximum Gasteiger partial charge on any atom is 0.404 e. The molecule has 0 atom stereocenters. The summed E-state index contributed by atoms with van der Waals surface area (Å²) < 4.78 is 4.74. The number of hydrogen-bond acceptors (Lipinski definition) is 4. The van der Waals surface area contributed by atoms with Crippen molar-refractivity contribution in [1.29, 1.82) is 0 Å². The molecule has 0 aromatic rings. The highest BCUT2D eigenvalue weighted by molar-refractivity contribution is 5.97. The molecule has 2 fully saturated rings. The number of imide groups is 1. The Bertz CT molecular complexity index is 396. The maximum absolute atomic E-state index is 12.8. The van der Waals surface area contributed by atoms with Gasteiger partial charge in [-0.2, -0.15) is 0 Å². The number of ether oxygens (including phenoxy) is 1. The van der Waals surface area contributed by atoms with Crippen molar-refractivity contribution in [2.24, 2.45) is 17.6 Å². The fourth-order valence-electron chi connectivity index (χ4n) is 3.71. The third-order valence-corrected chi connectivity index (χ3v) is 5.00. The first kappa shape index (κ1) is 17.8. The Labute approximate surface area is 137 Å². The van der Waals surface area contributed by atoms with E-state index in [2.05, 4.69) is 0 Å². The van der Waals surface area contributed by atoms with Crippen LogP contribution in [0.1, 0.15) is 64.2 Å². The number of rotatable bonds is 5. The quantitative estimate of drug-likeness (QED) is 0.787. The Balaban J connectivity index is 2.01. The fraction of sp³-hybridized carbons (Fsp3) is 0.824. The highest BCUT2D eigenvalue weighted by Gasteiger charge is 2.33. The normalized spacial score (nSPS) is 20.0. The van der Waals surface area contributed by atoms with E-state index in [1.165, 1.54) is 4.90 Å². The van der Waals surface area contributed by atoms with Crippen LogP contribution in [-0.4, -0.2) is 36.0 Å². The van der Waals surface area contributed by atoms with E-state index in [4.69, 9.17) is 10.5 Å². The first-order valence-electron chi connectivity index (χ1n) is 8.87. The minimum Gasteiger partial charge on any atom is -0.448 e. The van der Waals surface area contributed by atoms with Gasteiger partial charge < -0.3 is 10.5 Å². The molecular formula is C17H28N2O4. The summed E-state index contributed by atoms with van der Waals surface area (Å²) in [6.07, 6.45) is 9.01.